The van der Waals surface area contributed by atoms with E-state index in [-0.39, 0.29) is 5.91 Å². The Balaban J connectivity index is 1.56. The lowest BCUT2D eigenvalue weighted by atomic mass is 10.1. The van der Waals surface area contributed by atoms with Gasteiger partial charge in [-0.1, -0.05) is 18.2 Å². The molecule has 0 radical (unpaired) electrons. The van der Waals surface area contributed by atoms with Gasteiger partial charge in [0.15, 0.2) is 11.1 Å². The van der Waals surface area contributed by atoms with Crippen LogP contribution in [0.2, 0.25) is 0 Å². The lowest BCUT2D eigenvalue weighted by Crippen LogP contribution is -2.28. The molecule has 2 fully saturated rings. The average molecular weight is 382 g/mol. The number of furan rings is 1. The molecule has 2 aromatic rings. The van der Waals surface area contributed by atoms with E-state index in [1.54, 1.807) is 4.90 Å². The van der Waals surface area contributed by atoms with Crippen molar-refractivity contribution >= 4 is 40.5 Å². The number of carbonyl (C=O) groups is 1. The summed E-state index contributed by atoms with van der Waals surface area (Å²) in [7, 11) is 0. The Morgan fingerprint density at radius 1 is 1.11 bits per heavy atom. The van der Waals surface area contributed by atoms with Crippen LogP contribution in [0.5, 0.6) is 0 Å². The van der Waals surface area contributed by atoms with Crippen LogP contribution >= 0.6 is 11.8 Å². The van der Waals surface area contributed by atoms with Crippen LogP contribution in [0.4, 0.5) is 11.6 Å². The van der Waals surface area contributed by atoms with Crippen molar-refractivity contribution in [3.05, 3.63) is 53.1 Å². The molecule has 4 rings (SSSR count). The molecule has 0 saturated carbocycles. The molecule has 5 nitrogen and oxygen atoms in total. The van der Waals surface area contributed by atoms with Gasteiger partial charge >= 0.3 is 0 Å². The van der Waals surface area contributed by atoms with Gasteiger partial charge in [0.2, 0.25) is 0 Å². The Labute approximate surface area is 163 Å². The highest BCUT2D eigenvalue weighted by molar-refractivity contribution is 8.18. The molecule has 0 atom stereocenters. The molecule has 0 unspecified atom stereocenters. The number of amides is 1. The summed E-state index contributed by atoms with van der Waals surface area (Å²) in [5, 5.41) is 0.711. The number of rotatable bonds is 4. The number of amidine groups is 1. The number of benzene rings is 1. The van der Waals surface area contributed by atoms with E-state index in [1.807, 2.05) is 55.5 Å². The lowest BCUT2D eigenvalue weighted by Gasteiger charge is -2.25. The number of likely N-dealkylation sites (N-methyl/N-ethyl adjacent to an activating group) is 1. The summed E-state index contributed by atoms with van der Waals surface area (Å²) in [6.07, 6.45) is 5.53. The van der Waals surface area contributed by atoms with Crippen LogP contribution in [0.25, 0.3) is 6.08 Å². The smallest absolute Gasteiger partial charge is 0.266 e. The van der Waals surface area contributed by atoms with Crippen molar-refractivity contribution in [2.75, 3.05) is 24.5 Å². The normalized spacial score (nSPS) is 20.9. The number of piperidine rings is 1. The molecule has 6 heteroatoms. The standard InChI is InChI=1S/C21H23N3O2S/c1-2-24-20(25)18(27-21(24)22-16-9-5-3-6-10-16)15-17-11-12-19(26-17)23-13-7-4-8-14-23/h3,5-6,9-12,15H,2,4,7-8,13-14H2,1H3. The molecule has 140 valence electrons. The molecule has 2 saturated heterocycles. The third-order valence-electron chi connectivity index (χ3n) is 4.74. The van der Waals surface area contributed by atoms with E-state index in [4.69, 9.17) is 4.42 Å². The maximum absolute atomic E-state index is 12.8. The van der Waals surface area contributed by atoms with Gasteiger partial charge < -0.3 is 9.32 Å². The monoisotopic (exact) mass is 381 g/mol. The van der Waals surface area contributed by atoms with Crippen LogP contribution < -0.4 is 4.90 Å². The molecular weight excluding hydrogens is 358 g/mol. The van der Waals surface area contributed by atoms with Crippen molar-refractivity contribution in [3.8, 4) is 0 Å². The quantitative estimate of drug-likeness (QED) is 0.707. The van der Waals surface area contributed by atoms with Gasteiger partial charge in [-0.15, -0.1) is 0 Å². The predicted molar refractivity (Wildman–Crippen MR) is 111 cm³/mol. The van der Waals surface area contributed by atoms with Crippen LogP contribution in [0.15, 0.2) is 56.8 Å². The number of thioether (sulfide) groups is 1. The first-order valence-corrected chi connectivity index (χ1v) is 10.3. The molecule has 0 N–H and O–H groups in total. The lowest BCUT2D eigenvalue weighted by molar-refractivity contribution is -0.122. The first-order valence-electron chi connectivity index (χ1n) is 9.44. The summed E-state index contributed by atoms with van der Waals surface area (Å²) >= 11 is 1.40. The molecule has 1 amide bonds. The highest BCUT2D eigenvalue weighted by Gasteiger charge is 2.32. The van der Waals surface area contributed by atoms with E-state index in [0.29, 0.717) is 22.4 Å². The van der Waals surface area contributed by atoms with Crippen LogP contribution in [0.1, 0.15) is 31.9 Å². The Morgan fingerprint density at radius 2 is 1.89 bits per heavy atom. The molecule has 0 spiro atoms. The van der Waals surface area contributed by atoms with Crippen molar-refractivity contribution in [1.82, 2.24) is 4.90 Å². The summed E-state index contributed by atoms with van der Waals surface area (Å²) in [6.45, 7) is 4.62. The summed E-state index contributed by atoms with van der Waals surface area (Å²) in [5.41, 5.74) is 0.845. The zero-order valence-electron chi connectivity index (χ0n) is 15.4. The minimum atomic E-state index is -0.0203. The van der Waals surface area contributed by atoms with Crippen LogP contribution in [-0.2, 0) is 4.79 Å². The maximum Gasteiger partial charge on any atom is 0.266 e. The topological polar surface area (TPSA) is 49.1 Å². The molecule has 27 heavy (non-hydrogen) atoms. The van der Waals surface area contributed by atoms with Crippen molar-refractivity contribution in [2.45, 2.75) is 26.2 Å². The fraction of sp³-hybridized carbons (Fsp3) is 0.333. The Hall–Kier alpha value is -2.47. The molecule has 0 aliphatic carbocycles. The van der Waals surface area contributed by atoms with Gasteiger partial charge in [-0.05, 0) is 56.1 Å². The zero-order valence-corrected chi connectivity index (χ0v) is 16.2. The Morgan fingerprint density at radius 3 is 2.63 bits per heavy atom. The summed E-state index contributed by atoms with van der Waals surface area (Å²) in [5.74, 6) is 1.58. The van der Waals surface area contributed by atoms with Crippen molar-refractivity contribution in [1.29, 1.82) is 0 Å². The van der Waals surface area contributed by atoms with Crippen molar-refractivity contribution < 1.29 is 9.21 Å². The Bertz CT molecular complexity index is 867. The maximum atomic E-state index is 12.8. The molecular formula is C21H23N3O2S. The van der Waals surface area contributed by atoms with E-state index in [9.17, 15) is 4.79 Å². The number of nitrogens with zero attached hydrogens (tertiary/aromatic N) is 3. The second-order valence-corrected chi connectivity index (χ2v) is 7.62. The third kappa shape index (κ3) is 3.95. The van der Waals surface area contributed by atoms with Gasteiger partial charge in [0.25, 0.3) is 5.91 Å². The predicted octanol–water partition coefficient (Wildman–Crippen LogP) is 4.89. The molecule has 1 aromatic heterocycles. The summed E-state index contributed by atoms with van der Waals surface area (Å²) < 4.78 is 5.98. The highest BCUT2D eigenvalue weighted by atomic mass is 32.2. The van der Waals surface area contributed by atoms with E-state index in [2.05, 4.69) is 9.89 Å². The van der Waals surface area contributed by atoms with Crippen LogP contribution in [0, 0.1) is 0 Å². The molecule has 2 aliphatic heterocycles. The summed E-state index contributed by atoms with van der Waals surface area (Å²) in [4.78, 5) is 22.0. The van der Waals surface area contributed by atoms with Crippen molar-refractivity contribution in [3.63, 3.8) is 0 Å². The SMILES string of the molecule is CCN1C(=O)C(=Cc2ccc(N3CCCCC3)o2)SC1=Nc1ccccc1. The number of aliphatic imine (C=N–C) groups is 1. The Kier molecular flexibility index (Phi) is 5.34. The van der Waals surface area contributed by atoms with Gasteiger partial charge in [0.1, 0.15) is 5.76 Å². The number of para-hydroxylation sites is 1. The van der Waals surface area contributed by atoms with Gasteiger partial charge in [-0.25, -0.2) is 4.99 Å². The minimum absolute atomic E-state index is 0.0203. The first-order chi connectivity index (χ1) is 13.2. The van der Waals surface area contributed by atoms with E-state index >= 15 is 0 Å². The average Bonchev–Trinajstić information content (AvgIpc) is 3.28. The van der Waals surface area contributed by atoms with Gasteiger partial charge in [0.05, 0.1) is 10.6 Å². The second kappa shape index (κ2) is 8.05. The highest BCUT2D eigenvalue weighted by Crippen LogP contribution is 2.34. The van der Waals surface area contributed by atoms with E-state index < -0.39 is 0 Å². The number of hydrogen-bond donors (Lipinski definition) is 0. The molecule has 1 aromatic carbocycles. The fourth-order valence-electron chi connectivity index (χ4n) is 3.32. The third-order valence-corrected chi connectivity index (χ3v) is 5.75. The second-order valence-electron chi connectivity index (χ2n) is 6.61. The van der Waals surface area contributed by atoms with E-state index in [1.165, 1.54) is 31.0 Å². The van der Waals surface area contributed by atoms with Crippen LogP contribution in [0.3, 0.4) is 0 Å². The zero-order chi connectivity index (χ0) is 18.6. The van der Waals surface area contributed by atoms with Crippen molar-refractivity contribution in [2.24, 2.45) is 4.99 Å². The first kappa shape index (κ1) is 17.9. The number of carbonyl (C=O) groups excluding carboxylic acids is 1. The van der Waals surface area contributed by atoms with Gasteiger partial charge in [0, 0.05) is 31.8 Å². The molecule has 2 aliphatic rings. The summed E-state index contributed by atoms with van der Waals surface area (Å²) in [6, 6.07) is 13.6. The number of hydrogen-bond acceptors (Lipinski definition) is 5. The molecule has 0 bridgehead atoms. The number of anilines is 1. The van der Waals surface area contributed by atoms with Gasteiger partial charge in [-0.2, -0.15) is 0 Å². The fourth-order valence-corrected chi connectivity index (χ4v) is 4.36. The molecule has 3 heterocycles. The minimum Gasteiger partial charge on any atom is -0.441 e. The largest absolute Gasteiger partial charge is 0.441 e. The van der Waals surface area contributed by atoms with Gasteiger partial charge in [-0.3, -0.25) is 9.69 Å². The van der Waals surface area contributed by atoms with E-state index in [0.717, 1.165) is 24.7 Å². The van der Waals surface area contributed by atoms with Crippen LogP contribution in [-0.4, -0.2) is 35.6 Å².